The highest BCUT2D eigenvalue weighted by molar-refractivity contribution is 5.77. The Morgan fingerprint density at radius 3 is 2.77 bits per heavy atom. The van der Waals surface area contributed by atoms with Crippen LogP contribution >= 0.6 is 0 Å². The molecule has 68 valence electrons. The largest absolute Gasteiger partial charge is 0.504 e. The van der Waals surface area contributed by atoms with Gasteiger partial charge in [0.1, 0.15) is 6.29 Å². The molecule has 0 spiro atoms. The van der Waals surface area contributed by atoms with Crippen molar-refractivity contribution >= 4 is 12.4 Å². The van der Waals surface area contributed by atoms with E-state index >= 15 is 0 Å². The molecule has 1 aromatic carbocycles. The maximum atomic E-state index is 10.3. The molecule has 0 fully saturated rings. The molecule has 3 N–H and O–H groups in total. The molecule has 0 aromatic heterocycles. The molecule has 0 aliphatic heterocycles. The minimum Gasteiger partial charge on any atom is -0.504 e. The van der Waals surface area contributed by atoms with Crippen LogP contribution in [0.15, 0.2) is 18.2 Å². The van der Waals surface area contributed by atoms with Gasteiger partial charge in [-0.3, -0.25) is 4.79 Å². The Kier molecular flexibility index (Phi) is 2.49. The molecule has 0 heterocycles. The first kappa shape index (κ1) is 9.05. The van der Waals surface area contributed by atoms with Crippen molar-refractivity contribution in [1.29, 1.82) is 0 Å². The predicted octanol–water partition coefficient (Wildman–Crippen LogP) is 0.662. The molecular weight excluding hydrogens is 174 g/mol. The maximum Gasteiger partial charge on any atom is 0.410 e. The number of aldehydes is 1. The van der Waals surface area contributed by atoms with Gasteiger partial charge in [-0.25, -0.2) is 4.79 Å². The average molecular weight is 181 g/mol. The predicted molar refractivity (Wildman–Crippen MR) is 43.7 cm³/mol. The van der Waals surface area contributed by atoms with Crippen LogP contribution in [0.5, 0.6) is 11.5 Å². The van der Waals surface area contributed by atoms with Gasteiger partial charge in [0, 0.05) is 5.56 Å². The second-order valence-electron chi connectivity index (χ2n) is 2.27. The van der Waals surface area contributed by atoms with Crippen LogP contribution in [-0.2, 0) is 0 Å². The van der Waals surface area contributed by atoms with Gasteiger partial charge >= 0.3 is 6.09 Å². The van der Waals surface area contributed by atoms with Crippen molar-refractivity contribution in [2.24, 2.45) is 5.73 Å². The number of primary amides is 1. The summed E-state index contributed by atoms with van der Waals surface area (Å²) < 4.78 is 4.42. The molecule has 0 saturated carbocycles. The number of benzene rings is 1. The summed E-state index contributed by atoms with van der Waals surface area (Å²) in [5.41, 5.74) is 5.01. The third kappa shape index (κ3) is 2.19. The van der Waals surface area contributed by atoms with Crippen molar-refractivity contribution in [3.63, 3.8) is 0 Å². The molecule has 0 saturated heterocycles. The molecule has 0 aliphatic carbocycles. The number of phenolic OH excluding ortho intramolecular Hbond substituents is 1. The van der Waals surface area contributed by atoms with E-state index in [1.54, 1.807) is 0 Å². The van der Waals surface area contributed by atoms with Crippen LogP contribution in [0, 0.1) is 0 Å². The minimum atomic E-state index is -1.04. The Bertz CT molecular complexity index is 348. The zero-order chi connectivity index (χ0) is 9.84. The van der Waals surface area contributed by atoms with Crippen molar-refractivity contribution < 1.29 is 19.4 Å². The molecule has 13 heavy (non-hydrogen) atoms. The fourth-order valence-electron chi connectivity index (χ4n) is 0.794. The number of amides is 1. The fraction of sp³-hybridized carbons (Fsp3) is 0. The lowest BCUT2D eigenvalue weighted by molar-refractivity contribution is 0.112. The Morgan fingerprint density at radius 2 is 2.23 bits per heavy atom. The maximum absolute atomic E-state index is 10.3. The van der Waals surface area contributed by atoms with E-state index in [9.17, 15) is 9.59 Å². The van der Waals surface area contributed by atoms with Crippen LogP contribution in [0.3, 0.4) is 0 Å². The quantitative estimate of drug-likeness (QED) is 0.656. The van der Waals surface area contributed by atoms with E-state index in [0.717, 1.165) is 0 Å². The third-order valence-corrected chi connectivity index (χ3v) is 1.33. The monoisotopic (exact) mass is 181 g/mol. The highest BCUT2D eigenvalue weighted by atomic mass is 16.6. The van der Waals surface area contributed by atoms with Gasteiger partial charge < -0.3 is 15.6 Å². The highest BCUT2D eigenvalue weighted by Crippen LogP contribution is 2.25. The summed E-state index contributed by atoms with van der Waals surface area (Å²) in [4.78, 5) is 20.6. The SMILES string of the molecule is NC(=O)Oc1cc(C=O)ccc1O. The van der Waals surface area contributed by atoms with Crippen molar-refractivity contribution in [3.05, 3.63) is 23.8 Å². The normalized spacial score (nSPS) is 9.23. The number of phenols is 1. The van der Waals surface area contributed by atoms with Gasteiger partial charge in [-0.2, -0.15) is 0 Å². The Labute approximate surface area is 73.7 Å². The van der Waals surface area contributed by atoms with Crippen LogP contribution in [0.2, 0.25) is 0 Å². The topological polar surface area (TPSA) is 89.6 Å². The Morgan fingerprint density at radius 1 is 1.54 bits per heavy atom. The van der Waals surface area contributed by atoms with Crippen molar-refractivity contribution in [2.45, 2.75) is 0 Å². The van der Waals surface area contributed by atoms with Crippen LogP contribution in [0.25, 0.3) is 0 Å². The summed E-state index contributed by atoms with van der Waals surface area (Å²) in [6, 6.07) is 3.84. The van der Waals surface area contributed by atoms with E-state index in [1.807, 2.05) is 0 Å². The summed E-state index contributed by atoms with van der Waals surface area (Å²) in [5, 5.41) is 9.13. The van der Waals surface area contributed by atoms with E-state index in [4.69, 9.17) is 10.8 Å². The van der Waals surface area contributed by atoms with Gasteiger partial charge in [0.05, 0.1) is 0 Å². The first-order valence-corrected chi connectivity index (χ1v) is 3.39. The van der Waals surface area contributed by atoms with Crippen LogP contribution in [0.1, 0.15) is 10.4 Å². The Hall–Kier alpha value is -2.04. The first-order chi connectivity index (χ1) is 6.13. The van der Waals surface area contributed by atoms with Crippen molar-refractivity contribution in [3.8, 4) is 11.5 Å². The lowest BCUT2D eigenvalue weighted by atomic mass is 10.2. The number of hydrogen-bond donors (Lipinski definition) is 2. The van der Waals surface area contributed by atoms with Gasteiger partial charge in [0.2, 0.25) is 0 Å². The van der Waals surface area contributed by atoms with E-state index in [2.05, 4.69) is 4.74 Å². The number of aromatic hydroxyl groups is 1. The molecule has 0 aliphatic rings. The van der Waals surface area contributed by atoms with Gasteiger partial charge in [-0.15, -0.1) is 0 Å². The number of ether oxygens (including phenoxy) is 1. The second-order valence-corrected chi connectivity index (χ2v) is 2.27. The summed E-state index contributed by atoms with van der Waals surface area (Å²) in [6.07, 6.45) is -0.480. The molecular formula is C8H7NO4. The molecule has 1 amide bonds. The van der Waals surface area contributed by atoms with Gasteiger partial charge in [-0.05, 0) is 18.2 Å². The van der Waals surface area contributed by atoms with E-state index in [1.165, 1.54) is 18.2 Å². The molecule has 0 radical (unpaired) electrons. The van der Waals surface area contributed by atoms with Crippen molar-refractivity contribution in [1.82, 2.24) is 0 Å². The van der Waals surface area contributed by atoms with Crippen LogP contribution in [-0.4, -0.2) is 17.5 Å². The molecule has 5 nitrogen and oxygen atoms in total. The van der Waals surface area contributed by atoms with Crippen LogP contribution < -0.4 is 10.5 Å². The number of carbonyl (C=O) groups excluding carboxylic acids is 2. The second kappa shape index (κ2) is 3.57. The van der Waals surface area contributed by atoms with Gasteiger partial charge in [0.25, 0.3) is 0 Å². The smallest absolute Gasteiger partial charge is 0.410 e. The first-order valence-electron chi connectivity index (χ1n) is 3.39. The molecule has 1 aromatic rings. The molecule has 0 bridgehead atoms. The highest BCUT2D eigenvalue weighted by Gasteiger charge is 2.06. The van der Waals surface area contributed by atoms with Crippen molar-refractivity contribution in [2.75, 3.05) is 0 Å². The number of nitrogens with two attached hydrogens (primary N) is 1. The summed E-state index contributed by atoms with van der Waals surface area (Å²) in [5.74, 6) is -0.374. The minimum absolute atomic E-state index is 0.128. The summed E-state index contributed by atoms with van der Waals surface area (Å²) in [6.45, 7) is 0. The number of carbonyl (C=O) groups is 2. The average Bonchev–Trinajstić information content (AvgIpc) is 2.08. The molecule has 5 heteroatoms. The van der Waals surface area contributed by atoms with E-state index in [-0.39, 0.29) is 17.1 Å². The molecule has 0 unspecified atom stereocenters. The van der Waals surface area contributed by atoms with E-state index < -0.39 is 6.09 Å². The van der Waals surface area contributed by atoms with Crippen LogP contribution in [0.4, 0.5) is 4.79 Å². The molecule has 1 rings (SSSR count). The lowest BCUT2D eigenvalue weighted by Gasteiger charge is -2.03. The standard InChI is InChI=1S/C8H7NO4/c9-8(12)13-7-3-5(4-10)1-2-6(7)11/h1-4,11H,(H2,9,12). The van der Waals surface area contributed by atoms with Gasteiger partial charge in [-0.1, -0.05) is 0 Å². The van der Waals surface area contributed by atoms with Gasteiger partial charge in [0.15, 0.2) is 11.5 Å². The zero-order valence-electron chi connectivity index (χ0n) is 6.56. The van der Waals surface area contributed by atoms with E-state index in [0.29, 0.717) is 6.29 Å². The molecule has 0 atom stereocenters. The third-order valence-electron chi connectivity index (χ3n) is 1.33. The Balaban J connectivity index is 3.03. The number of hydrogen-bond acceptors (Lipinski definition) is 4. The summed E-state index contributed by atoms with van der Waals surface area (Å²) >= 11 is 0. The lowest BCUT2D eigenvalue weighted by Crippen LogP contribution is -2.16. The summed E-state index contributed by atoms with van der Waals surface area (Å²) in [7, 11) is 0. The zero-order valence-corrected chi connectivity index (χ0v) is 6.56. The number of rotatable bonds is 2. The fourth-order valence-corrected chi connectivity index (χ4v) is 0.794.